The third-order valence-corrected chi connectivity index (χ3v) is 2.81. The van der Waals surface area contributed by atoms with Crippen molar-refractivity contribution >= 4 is 11.8 Å². The van der Waals surface area contributed by atoms with Crippen molar-refractivity contribution < 1.29 is 4.52 Å². The molecule has 2 N–H and O–H groups in total. The topological polar surface area (TPSA) is 64.9 Å². The van der Waals surface area contributed by atoms with Gasteiger partial charge in [0.05, 0.1) is 5.75 Å². The quantitative estimate of drug-likeness (QED) is 0.781. The second-order valence-corrected chi connectivity index (χ2v) is 4.38. The smallest absolute Gasteiger partial charge is 0.226 e. The van der Waals surface area contributed by atoms with Gasteiger partial charge in [0.2, 0.25) is 5.89 Å². The predicted octanol–water partition coefficient (Wildman–Crippen LogP) is 1.60. The second kappa shape index (κ2) is 6.03. The maximum absolute atomic E-state index is 5.62. The second-order valence-electron chi connectivity index (χ2n) is 3.35. The van der Waals surface area contributed by atoms with E-state index in [0.29, 0.717) is 0 Å². The first kappa shape index (κ1) is 11.5. The molecule has 1 heterocycles. The summed E-state index contributed by atoms with van der Waals surface area (Å²) in [4.78, 5) is 4.26. The molecule has 0 aromatic carbocycles. The highest BCUT2D eigenvalue weighted by Gasteiger charge is 2.05. The Morgan fingerprint density at radius 3 is 3.00 bits per heavy atom. The zero-order valence-corrected chi connectivity index (χ0v) is 9.51. The van der Waals surface area contributed by atoms with Gasteiger partial charge in [0.1, 0.15) is 0 Å². The molecule has 0 amide bonds. The first-order valence-corrected chi connectivity index (χ1v) is 6.02. The predicted molar refractivity (Wildman–Crippen MR) is 58.1 cm³/mol. The molecule has 0 radical (unpaired) electrons. The summed E-state index contributed by atoms with van der Waals surface area (Å²) in [5, 5.41) is 3.88. The van der Waals surface area contributed by atoms with E-state index in [1.54, 1.807) is 11.8 Å². The number of thioether (sulfide) groups is 1. The maximum atomic E-state index is 5.62. The van der Waals surface area contributed by atoms with Gasteiger partial charge in [-0.1, -0.05) is 12.1 Å². The Hall–Kier alpha value is -0.550. The molecule has 0 aliphatic carbocycles. The van der Waals surface area contributed by atoms with Crippen molar-refractivity contribution in [3.63, 3.8) is 0 Å². The van der Waals surface area contributed by atoms with Crippen LogP contribution < -0.4 is 5.73 Å². The maximum Gasteiger partial charge on any atom is 0.226 e. The van der Waals surface area contributed by atoms with Gasteiger partial charge >= 0.3 is 0 Å². The third kappa shape index (κ3) is 4.11. The Morgan fingerprint density at radius 2 is 2.36 bits per heavy atom. The van der Waals surface area contributed by atoms with Gasteiger partial charge in [-0.15, -0.1) is 0 Å². The van der Waals surface area contributed by atoms with Crippen LogP contribution in [-0.2, 0) is 12.2 Å². The average molecular weight is 215 g/mol. The van der Waals surface area contributed by atoms with E-state index in [2.05, 4.69) is 17.1 Å². The lowest BCUT2D eigenvalue weighted by Gasteiger charge is -2.00. The zero-order chi connectivity index (χ0) is 10.4. The lowest BCUT2D eigenvalue weighted by molar-refractivity contribution is 0.373. The van der Waals surface area contributed by atoms with Crippen molar-refractivity contribution in [2.24, 2.45) is 5.73 Å². The van der Waals surface area contributed by atoms with Gasteiger partial charge in [0.15, 0.2) is 5.82 Å². The van der Waals surface area contributed by atoms with E-state index < -0.39 is 0 Å². The average Bonchev–Trinajstić information content (AvgIpc) is 2.53. The standard InChI is InChI=1S/C9H17N3OS/c1-3-4-9-11-8(12-13-9)6-14-5-7(2)10/h7H,3-6,10H2,1-2H3. The van der Waals surface area contributed by atoms with Crippen LogP contribution in [0.3, 0.4) is 0 Å². The Kier molecular flexibility index (Phi) is 4.97. The molecular formula is C9H17N3OS. The number of hydrogen-bond donors (Lipinski definition) is 1. The van der Waals surface area contributed by atoms with Crippen molar-refractivity contribution in [1.82, 2.24) is 10.1 Å². The monoisotopic (exact) mass is 215 g/mol. The number of rotatable bonds is 6. The number of nitrogens with zero attached hydrogens (tertiary/aromatic N) is 2. The van der Waals surface area contributed by atoms with Gasteiger partial charge in [-0.2, -0.15) is 16.7 Å². The molecule has 0 saturated heterocycles. The highest BCUT2D eigenvalue weighted by Crippen LogP contribution is 2.10. The first-order valence-electron chi connectivity index (χ1n) is 4.87. The molecule has 0 bridgehead atoms. The number of hydrogen-bond acceptors (Lipinski definition) is 5. The molecule has 5 heteroatoms. The molecule has 1 unspecified atom stereocenters. The molecule has 1 atom stereocenters. The van der Waals surface area contributed by atoms with Crippen molar-refractivity contribution in [2.45, 2.75) is 38.5 Å². The van der Waals surface area contributed by atoms with Crippen LogP contribution >= 0.6 is 11.8 Å². The molecule has 0 saturated carbocycles. The van der Waals surface area contributed by atoms with Crippen LogP contribution in [-0.4, -0.2) is 21.9 Å². The minimum Gasteiger partial charge on any atom is -0.339 e. The Labute approximate surface area is 88.6 Å². The third-order valence-electron chi connectivity index (χ3n) is 1.59. The molecule has 80 valence electrons. The van der Waals surface area contributed by atoms with Crippen LogP contribution in [0.15, 0.2) is 4.52 Å². The van der Waals surface area contributed by atoms with E-state index in [0.717, 1.165) is 36.1 Å². The minimum absolute atomic E-state index is 0.224. The molecule has 4 nitrogen and oxygen atoms in total. The van der Waals surface area contributed by atoms with Gasteiger partial charge in [-0.25, -0.2) is 0 Å². The summed E-state index contributed by atoms with van der Waals surface area (Å²) in [5.74, 6) is 3.23. The van der Waals surface area contributed by atoms with Gasteiger partial charge in [0, 0.05) is 18.2 Å². The summed E-state index contributed by atoms with van der Waals surface area (Å²) < 4.78 is 5.06. The molecule has 0 aliphatic heterocycles. The molecule has 0 fully saturated rings. The molecule has 0 aliphatic rings. The Balaban J connectivity index is 2.28. The molecule has 14 heavy (non-hydrogen) atoms. The van der Waals surface area contributed by atoms with Crippen molar-refractivity contribution in [1.29, 1.82) is 0 Å². The fourth-order valence-electron chi connectivity index (χ4n) is 1.00. The van der Waals surface area contributed by atoms with Crippen molar-refractivity contribution in [3.8, 4) is 0 Å². The zero-order valence-electron chi connectivity index (χ0n) is 8.69. The van der Waals surface area contributed by atoms with Gasteiger partial charge in [-0.3, -0.25) is 0 Å². The molecule has 1 aromatic rings. The summed E-state index contributed by atoms with van der Waals surface area (Å²) in [7, 11) is 0. The van der Waals surface area contributed by atoms with E-state index in [-0.39, 0.29) is 6.04 Å². The highest BCUT2D eigenvalue weighted by molar-refractivity contribution is 7.98. The van der Waals surface area contributed by atoms with Crippen LogP contribution in [0.2, 0.25) is 0 Å². The van der Waals surface area contributed by atoms with Crippen molar-refractivity contribution in [2.75, 3.05) is 5.75 Å². The fraction of sp³-hybridized carbons (Fsp3) is 0.778. The van der Waals surface area contributed by atoms with Crippen LogP contribution in [0.1, 0.15) is 32.0 Å². The fourth-order valence-corrected chi connectivity index (χ4v) is 1.79. The van der Waals surface area contributed by atoms with Crippen LogP contribution in [0.4, 0.5) is 0 Å². The first-order chi connectivity index (χ1) is 6.72. The number of aromatic nitrogens is 2. The van der Waals surface area contributed by atoms with Crippen LogP contribution in [0.5, 0.6) is 0 Å². The highest BCUT2D eigenvalue weighted by atomic mass is 32.2. The van der Waals surface area contributed by atoms with Gasteiger partial charge in [0.25, 0.3) is 0 Å². The lowest BCUT2D eigenvalue weighted by atomic mass is 10.3. The Bertz CT molecular complexity index is 262. The summed E-state index contributed by atoms with van der Waals surface area (Å²) >= 11 is 1.74. The lowest BCUT2D eigenvalue weighted by Crippen LogP contribution is -2.17. The largest absolute Gasteiger partial charge is 0.339 e. The summed E-state index contributed by atoms with van der Waals surface area (Å²) in [6.07, 6.45) is 1.90. The Morgan fingerprint density at radius 1 is 1.57 bits per heavy atom. The SMILES string of the molecule is CCCc1nc(CSCC(C)N)no1. The van der Waals surface area contributed by atoms with E-state index >= 15 is 0 Å². The van der Waals surface area contributed by atoms with Gasteiger partial charge < -0.3 is 10.3 Å². The summed E-state index contributed by atoms with van der Waals surface area (Å²) in [6, 6.07) is 0.224. The summed E-state index contributed by atoms with van der Waals surface area (Å²) in [6.45, 7) is 4.08. The minimum atomic E-state index is 0.224. The van der Waals surface area contributed by atoms with E-state index in [4.69, 9.17) is 10.3 Å². The van der Waals surface area contributed by atoms with Crippen LogP contribution in [0.25, 0.3) is 0 Å². The molecular weight excluding hydrogens is 198 g/mol. The van der Waals surface area contributed by atoms with E-state index in [1.165, 1.54) is 0 Å². The van der Waals surface area contributed by atoms with Crippen molar-refractivity contribution in [3.05, 3.63) is 11.7 Å². The van der Waals surface area contributed by atoms with Crippen LogP contribution in [0, 0.1) is 0 Å². The summed E-state index contributed by atoms with van der Waals surface area (Å²) in [5.41, 5.74) is 5.62. The molecule has 1 aromatic heterocycles. The van der Waals surface area contributed by atoms with Gasteiger partial charge in [-0.05, 0) is 13.3 Å². The van der Waals surface area contributed by atoms with E-state index in [1.807, 2.05) is 6.92 Å². The molecule has 0 spiro atoms. The normalized spacial score (nSPS) is 13.1. The molecule has 1 rings (SSSR count). The number of nitrogens with two attached hydrogens (primary N) is 1. The number of aryl methyl sites for hydroxylation is 1. The van der Waals surface area contributed by atoms with E-state index in [9.17, 15) is 0 Å².